The number of aryl methyl sites for hydroxylation is 1. The summed E-state index contributed by atoms with van der Waals surface area (Å²) in [5, 5.41) is 12.1. The van der Waals surface area contributed by atoms with Crippen LogP contribution >= 0.6 is 0 Å². The Morgan fingerprint density at radius 2 is 1.65 bits per heavy atom. The molecule has 0 aliphatic heterocycles. The second-order valence-electron chi connectivity index (χ2n) is 4.78. The van der Waals surface area contributed by atoms with Crippen LogP contribution in [0.1, 0.15) is 17.5 Å². The van der Waals surface area contributed by atoms with Gasteiger partial charge in [-0.3, -0.25) is 4.79 Å². The van der Waals surface area contributed by atoms with Crippen LogP contribution in [0, 0.1) is 0 Å². The summed E-state index contributed by atoms with van der Waals surface area (Å²) < 4.78 is 0. The lowest BCUT2D eigenvalue weighted by Crippen LogP contribution is -2.04. The van der Waals surface area contributed by atoms with Gasteiger partial charge in [0, 0.05) is 12.2 Å². The molecule has 104 valence electrons. The fraction of sp³-hybridized carbons (Fsp3) is 0.235. The summed E-state index contributed by atoms with van der Waals surface area (Å²) in [5.41, 5.74) is 3.21. The van der Waals surface area contributed by atoms with E-state index in [1.807, 2.05) is 30.3 Å². The first-order valence-electron chi connectivity index (χ1n) is 6.82. The van der Waals surface area contributed by atoms with E-state index in [1.54, 1.807) is 0 Å². The van der Waals surface area contributed by atoms with E-state index in [-0.39, 0.29) is 6.42 Å². The van der Waals surface area contributed by atoms with E-state index in [0.717, 1.165) is 30.6 Å². The molecule has 0 atom stereocenters. The van der Waals surface area contributed by atoms with Gasteiger partial charge in [0.2, 0.25) is 0 Å². The van der Waals surface area contributed by atoms with Crippen LogP contribution in [-0.2, 0) is 17.6 Å². The molecule has 0 heterocycles. The lowest BCUT2D eigenvalue weighted by atomic mass is 10.1. The quantitative estimate of drug-likeness (QED) is 0.758. The topological polar surface area (TPSA) is 49.3 Å². The van der Waals surface area contributed by atoms with E-state index in [1.165, 1.54) is 5.56 Å². The Morgan fingerprint density at radius 1 is 0.950 bits per heavy atom. The minimum Gasteiger partial charge on any atom is -0.481 e. The number of anilines is 1. The molecule has 20 heavy (non-hydrogen) atoms. The fourth-order valence-corrected chi connectivity index (χ4v) is 2.08. The van der Waals surface area contributed by atoms with Crippen molar-refractivity contribution in [1.82, 2.24) is 0 Å². The molecule has 3 heteroatoms. The van der Waals surface area contributed by atoms with Crippen molar-refractivity contribution in [2.75, 3.05) is 11.9 Å². The molecule has 3 nitrogen and oxygen atoms in total. The van der Waals surface area contributed by atoms with Crippen molar-refractivity contribution in [2.45, 2.75) is 19.3 Å². The van der Waals surface area contributed by atoms with Crippen molar-refractivity contribution >= 4 is 11.7 Å². The zero-order valence-corrected chi connectivity index (χ0v) is 11.4. The number of carboxylic acids is 1. The normalized spacial score (nSPS) is 10.2. The molecule has 2 aromatic rings. The summed E-state index contributed by atoms with van der Waals surface area (Å²) in [6.07, 6.45) is 2.21. The van der Waals surface area contributed by atoms with Crippen LogP contribution in [0.25, 0.3) is 0 Å². The largest absolute Gasteiger partial charge is 0.481 e. The lowest BCUT2D eigenvalue weighted by molar-refractivity contribution is -0.136. The van der Waals surface area contributed by atoms with Crippen LogP contribution < -0.4 is 5.32 Å². The molecule has 0 amide bonds. The Balaban J connectivity index is 1.73. The van der Waals surface area contributed by atoms with Gasteiger partial charge in [0.05, 0.1) is 6.42 Å². The van der Waals surface area contributed by atoms with Crippen molar-refractivity contribution in [1.29, 1.82) is 0 Å². The Morgan fingerprint density at radius 3 is 2.30 bits per heavy atom. The van der Waals surface area contributed by atoms with E-state index < -0.39 is 5.97 Å². The number of carbonyl (C=O) groups is 1. The molecule has 0 aliphatic carbocycles. The van der Waals surface area contributed by atoms with Crippen molar-refractivity contribution in [3.63, 3.8) is 0 Å². The Kier molecular flexibility index (Phi) is 5.18. The first kappa shape index (κ1) is 14.1. The Bertz CT molecular complexity index is 535. The molecule has 0 spiro atoms. The lowest BCUT2D eigenvalue weighted by Gasteiger charge is -2.07. The van der Waals surface area contributed by atoms with Gasteiger partial charge in [-0.05, 0) is 36.1 Å². The van der Waals surface area contributed by atoms with Crippen LogP contribution in [0.4, 0.5) is 5.69 Å². The maximum Gasteiger partial charge on any atom is 0.307 e. The average molecular weight is 269 g/mol. The smallest absolute Gasteiger partial charge is 0.307 e. The number of hydrogen-bond donors (Lipinski definition) is 2. The molecule has 0 bridgehead atoms. The summed E-state index contributed by atoms with van der Waals surface area (Å²) >= 11 is 0. The van der Waals surface area contributed by atoms with Crippen LogP contribution in [-0.4, -0.2) is 17.6 Å². The highest BCUT2D eigenvalue weighted by atomic mass is 16.4. The second-order valence-corrected chi connectivity index (χ2v) is 4.78. The first-order chi connectivity index (χ1) is 9.74. The second kappa shape index (κ2) is 7.34. The predicted octanol–water partition coefficient (Wildman–Crippen LogP) is 3.36. The third kappa shape index (κ3) is 4.76. The van der Waals surface area contributed by atoms with Crippen LogP contribution in [0.3, 0.4) is 0 Å². The molecule has 0 aromatic heterocycles. The van der Waals surface area contributed by atoms with Crippen molar-refractivity contribution < 1.29 is 9.90 Å². The number of rotatable bonds is 7. The summed E-state index contributed by atoms with van der Waals surface area (Å²) in [5.74, 6) is -0.798. The van der Waals surface area contributed by atoms with Gasteiger partial charge in [-0.2, -0.15) is 0 Å². The van der Waals surface area contributed by atoms with E-state index in [2.05, 4.69) is 29.6 Å². The van der Waals surface area contributed by atoms with Gasteiger partial charge in [-0.25, -0.2) is 0 Å². The molecule has 2 rings (SSSR count). The Hall–Kier alpha value is -2.29. The fourth-order valence-electron chi connectivity index (χ4n) is 2.08. The van der Waals surface area contributed by atoms with Gasteiger partial charge in [0.1, 0.15) is 0 Å². The number of hydrogen-bond acceptors (Lipinski definition) is 2. The molecule has 0 aliphatic rings. The van der Waals surface area contributed by atoms with Gasteiger partial charge in [0.15, 0.2) is 0 Å². The first-order valence-corrected chi connectivity index (χ1v) is 6.82. The van der Waals surface area contributed by atoms with Crippen molar-refractivity contribution in [3.8, 4) is 0 Å². The maximum atomic E-state index is 10.6. The van der Waals surface area contributed by atoms with Gasteiger partial charge in [-0.1, -0.05) is 42.5 Å². The SMILES string of the molecule is O=C(O)Cc1ccc(NCCCc2ccccc2)cc1. The molecule has 2 N–H and O–H groups in total. The molecule has 0 radical (unpaired) electrons. The van der Waals surface area contributed by atoms with Gasteiger partial charge in [-0.15, -0.1) is 0 Å². The van der Waals surface area contributed by atoms with E-state index in [9.17, 15) is 4.79 Å². The van der Waals surface area contributed by atoms with Crippen molar-refractivity contribution in [3.05, 3.63) is 65.7 Å². The number of aliphatic carboxylic acids is 1. The monoisotopic (exact) mass is 269 g/mol. The van der Waals surface area contributed by atoms with Crippen molar-refractivity contribution in [2.24, 2.45) is 0 Å². The van der Waals surface area contributed by atoms with Crippen LogP contribution in [0.15, 0.2) is 54.6 Å². The van der Waals surface area contributed by atoms with Crippen LogP contribution in [0.5, 0.6) is 0 Å². The maximum absolute atomic E-state index is 10.6. The zero-order chi connectivity index (χ0) is 14.2. The molecule has 0 unspecified atom stereocenters. The average Bonchev–Trinajstić information content (AvgIpc) is 2.46. The third-order valence-electron chi connectivity index (χ3n) is 3.12. The molecule has 0 saturated carbocycles. The standard InChI is InChI=1S/C17H19NO2/c19-17(20)13-15-8-10-16(11-9-15)18-12-4-7-14-5-2-1-3-6-14/h1-3,5-6,8-11,18H,4,7,12-13H2,(H,19,20). The van der Waals surface area contributed by atoms with E-state index in [4.69, 9.17) is 5.11 Å². The minimum atomic E-state index is -0.798. The highest BCUT2D eigenvalue weighted by Gasteiger charge is 2.00. The predicted molar refractivity (Wildman–Crippen MR) is 81.0 cm³/mol. The number of benzene rings is 2. The molecule has 0 fully saturated rings. The highest BCUT2D eigenvalue weighted by Crippen LogP contribution is 2.10. The van der Waals surface area contributed by atoms with Crippen LogP contribution in [0.2, 0.25) is 0 Å². The van der Waals surface area contributed by atoms with Gasteiger partial charge in [0.25, 0.3) is 0 Å². The summed E-state index contributed by atoms with van der Waals surface area (Å²) in [7, 11) is 0. The van der Waals surface area contributed by atoms with Gasteiger partial charge >= 0.3 is 5.97 Å². The molecule has 0 saturated heterocycles. The summed E-state index contributed by atoms with van der Waals surface area (Å²) in [6, 6.07) is 18.0. The molecule has 2 aromatic carbocycles. The third-order valence-corrected chi connectivity index (χ3v) is 3.12. The molecular formula is C17H19NO2. The van der Waals surface area contributed by atoms with E-state index in [0.29, 0.717) is 0 Å². The zero-order valence-electron chi connectivity index (χ0n) is 11.4. The highest BCUT2D eigenvalue weighted by molar-refractivity contribution is 5.70. The van der Waals surface area contributed by atoms with Gasteiger partial charge < -0.3 is 10.4 Å². The Labute approximate surface area is 119 Å². The molecular weight excluding hydrogens is 250 g/mol. The number of carboxylic acid groups (broad SMARTS) is 1. The minimum absolute atomic E-state index is 0.0777. The van der Waals surface area contributed by atoms with E-state index >= 15 is 0 Å². The summed E-state index contributed by atoms with van der Waals surface area (Å²) in [4.78, 5) is 10.6. The summed E-state index contributed by atoms with van der Waals surface area (Å²) in [6.45, 7) is 0.910. The number of nitrogens with one attached hydrogen (secondary N) is 1.